The van der Waals surface area contributed by atoms with E-state index in [0.717, 1.165) is 29.6 Å². The first-order valence-electron chi connectivity index (χ1n) is 7.77. The van der Waals surface area contributed by atoms with Crippen LogP contribution in [0.2, 0.25) is 0 Å². The molecule has 0 unspecified atom stereocenters. The van der Waals surface area contributed by atoms with Gasteiger partial charge in [0.1, 0.15) is 5.82 Å². The third kappa shape index (κ3) is 3.77. The number of hydrogen-bond acceptors (Lipinski definition) is 7. The molecule has 0 amide bonds. The maximum absolute atomic E-state index is 5.25. The van der Waals surface area contributed by atoms with Crippen LogP contribution in [0, 0.1) is 0 Å². The highest BCUT2D eigenvalue weighted by Gasteiger charge is 2.14. The van der Waals surface area contributed by atoms with Gasteiger partial charge in [-0.15, -0.1) is 11.3 Å². The topological polar surface area (TPSA) is 69.0 Å². The highest BCUT2D eigenvalue weighted by molar-refractivity contribution is 7.12. The van der Waals surface area contributed by atoms with Crippen molar-refractivity contribution >= 4 is 17.2 Å². The second-order valence-corrected chi connectivity index (χ2v) is 6.06. The summed E-state index contributed by atoms with van der Waals surface area (Å²) in [5, 5.41) is 2.75. The molecule has 3 heterocycles. The summed E-state index contributed by atoms with van der Waals surface area (Å²) in [5.41, 5.74) is 1.14. The maximum Gasteiger partial charge on any atom is 0.190 e. The Balaban J connectivity index is 1.87. The number of rotatable bonds is 8. The molecule has 0 atom stereocenters. The Kier molecular flexibility index (Phi) is 5.50. The highest BCUT2D eigenvalue weighted by Crippen LogP contribution is 2.21. The van der Waals surface area contributed by atoms with Crippen LogP contribution in [0.3, 0.4) is 0 Å². The van der Waals surface area contributed by atoms with Gasteiger partial charge in [-0.05, 0) is 13.0 Å². The van der Waals surface area contributed by atoms with Crippen LogP contribution in [-0.4, -0.2) is 44.8 Å². The second-order valence-electron chi connectivity index (χ2n) is 5.16. The summed E-state index contributed by atoms with van der Waals surface area (Å²) in [7, 11) is 1.70. The fraction of sp³-hybridized carbons (Fsp3) is 0.375. The van der Waals surface area contributed by atoms with E-state index in [1.165, 1.54) is 11.3 Å². The van der Waals surface area contributed by atoms with E-state index in [1.54, 1.807) is 19.5 Å². The van der Waals surface area contributed by atoms with Crippen molar-refractivity contribution in [2.24, 2.45) is 0 Å². The number of anilines is 1. The van der Waals surface area contributed by atoms with Crippen molar-refractivity contribution < 1.29 is 4.74 Å². The monoisotopic (exact) mass is 344 g/mol. The molecule has 0 bridgehead atoms. The Morgan fingerprint density at radius 1 is 1.29 bits per heavy atom. The molecule has 0 spiro atoms. The van der Waals surface area contributed by atoms with Gasteiger partial charge in [-0.3, -0.25) is 0 Å². The van der Waals surface area contributed by atoms with Gasteiger partial charge < -0.3 is 14.2 Å². The molecule has 8 heteroatoms. The molecule has 0 aliphatic carbocycles. The van der Waals surface area contributed by atoms with E-state index in [1.807, 2.05) is 24.0 Å². The third-order valence-corrected chi connectivity index (χ3v) is 4.41. The Bertz CT molecular complexity index is 758. The molecule has 126 valence electrons. The molecule has 0 saturated heterocycles. The Morgan fingerprint density at radius 3 is 2.96 bits per heavy atom. The van der Waals surface area contributed by atoms with Crippen molar-refractivity contribution in [1.29, 1.82) is 0 Å². The minimum absolute atomic E-state index is 0.622. The molecular weight excluding hydrogens is 324 g/mol. The molecule has 0 N–H and O–H groups in total. The molecule has 24 heavy (non-hydrogen) atoms. The number of nitrogens with zero attached hydrogens (tertiary/aromatic N) is 6. The van der Waals surface area contributed by atoms with Gasteiger partial charge in [0.2, 0.25) is 0 Å². The Labute approximate surface area is 145 Å². The van der Waals surface area contributed by atoms with Gasteiger partial charge in [0.25, 0.3) is 0 Å². The second kappa shape index (κ2) is 7.98. The van der Waals surface area contributed by atoms with Crippen LogP contribution < -0.4 is 4.90 Å². The number of imidazole rings is 1. The van der Waals surface area contributed by atoms with E-state index in [2.05, 4.69) is 36.3 Å². The number of methoxy groups -OCH3 is 1. The molecule has 0 aliphatic rings. The number of ether oxygens (including phenoxy) is 1. The number of hydrogen-bond donors (Lipinski definition) is 0. The van der Waals surface area contributed by atoms with E-state index in [-0.39, 0.29) is 0 Å². The van der Waals surface area contributed by atoms with Crippen molar-refractivity contribution in [2.45, 2.75) is 20.0 Å². The summed E-state index contributed by atoms with van der Waals surface area (Å²) in [6.45, 7) is 5.07. The van der Waals surface area contributed by atoms with E-state index in [4.69, 9.17) is 4.74 Å². The summed E-state index contributed by atoms with van der Waals surface area (Å²) >= 11 is 1.53. The van der Waals surface area contributed by atoms with E-state index in [0.29, 0.717) is 19.0 Å². The highest BCUT2D eigenvalue weighted by atomic mass is 32.1. The molecule has 0 saturated carbocycles. The summed E-state index contributed by atoms with van der Waals surface area (Å²) in [6, 6.07) is 1.92. The predicted molar refractivity (Wildman–Crippen MR) is 94.0 cm³/mol. The molecular formula is C16H20N6OS. The summed E-state index contributed by atoms with van der Waals surface area (Å²) < 4.78 is 7.38. The van der Waals surface area contributed by atoms with Gasteiger partial charge in [-0.2, -0.15) is 0 Å². The van der Waals surface area contributed by atoms with Crippen LogP contribution in [0.4, 0.5) is 5.82 Å². The zero-order valence-corrected chi connectivity index (χ0v) is 14.6. The molecule has 0 fully saturated rings. The van der Waals surface area contributed by atoms with Crippen LogP contribution in [0.25, 0.3) is 10.8 Å². The van der Waals surface area contributed by atoms with Gasteiger partial charge in [-0.25, -0.2) is 19.9 Å². The van der Waals surface area contributed by atoms with Gasteiger partial charge in [0.15, 0.2) is 10.8 Å². The van der Waals surface area contributed by atoms with Crippen LogP contribution in [0.5, 0.6) is 0 Å². The molecule has 3 aromatic heterocycles. The lowest BCUT2D eigenvalue weighted by molar-refractivity contribution is 0.204. The summed E-state index contributed by atoms with van der Waals surface area (Å²) in [5.74, 6) is 1.50. The predicted octanol–water partition coefficient (Wildman–Crippen LogP) is 2.47. The van der Waals surface area contributed by atoms with Crippen molar-refractivity contribution in [3.05, 3.63) is 42.1 Å². The van der Waals surface area contributed by atoms with Gasteiger partial charge >= 0.3 is 0 Å². The Hall–Kier alpha value is -2.32. The first-order chi connectivity index (χ1) is 11.8. The summed E-state index contributed by atoms with van der Waals surface area (Å²) in [4.78, 5) is 19.7. The van der Waals surface area contributed by atoms with Gasteiger partial charge in [0.05, 0.1) is 25.2 Å². The van der Waals surface area contributed by atoms with Crippen molar-refractivity contribution in [2.75, 3.05) is 25.2 Å². The van der Waals surface area contributed by atoms with Crippen molar-refractivity contribution in [3.63, 3.8) is 0 Å². The maximum atomic E-state index is 5.25. The van der Waals surface area contributed by atoms with Crippen molar-refractivity contribution in [3.8, 4) is 10.8 Å². The van der Waals surface area contributed by atoms with Gasteiger partial charge in [-0.1, -0.05) is 0 Å². The average Bonchev–Trinajstić information content (AvgIpc) is 3.30. The minimum Gasteiger partial charge on any atom is -0.383 e. The number of thiazole rings is 1. The first kappa shape index (κ1) is 16.5. The fourth-order valence-electron chi connectivity index (χ4n) is 2.40. The van der Waals surface area contributed by atoms with Crippen LogP contribution in [0.15, 0.2) is 36.4 Å². The molecule has 0 aromatic carbocycles. The quantitative estimate of drug-likeness (QED) is 0.625. The van der Waals surface area contributed by atoms with Crippen LogP contribution in [0.1, 0.15) is 12.6 Å². The molecule has 0 radical (unpaired) electrons. The molecule has 3 rings (SSSR count). The lowest BCUT2D eigenvalue weighted by atomic mass is 10.3. The average molecular weight is 344 g/mol. The van der Waals surface area contributed by atoms with Crippen LogP contribution >= 0.6 is 11.3 Å². The Morgan fingerprint density at radius 2 is 2.21 bits per heavy atom. The summed E-state index contributed by atoms with van der Waals surface area (Å²) in [6.07, 6.45) is 7.28. The third-order valence-electron chi connectivity index (χ3n) is 3.65. The van der Waals surface area contributed by atoms with E-state index < -0.39 is 0 Å². The zero-order chi connectivity index (χ0) is 16.8. The zero-order valence-electron chi connectivity index (χ0n) is 13.8. The SMILES string of the molecule is CCn1cncc1CN(CCOC)c1ccnc(-c2nccs2)n1. The van der Waals surface area contributed by atoms with Gasteiger partial charge in [0, 0.05) is 44.2 Å². The van der Waals surface area contributed by atoms with E-state index >= 15 is 0 Å². The molecule has 0 aliphatic heterocycles. The lowest BCUT2D eigenvalue weighted by Gasteiger charge is -2.24. The first-order valence-corrected chi connectivity index (χ1v) is 8.65. The normalized spacial score (nSPS) is 10.9. The lowest BCUT2D eigenvalue weighted by Crippen LogP contribution is -2.28. The smallest absolute Gasteiger partial charge is 0.190 e. The standard InChI is InChI=1S/C16H20N6OS/c1-3-21-12-17-10-13(21)11-22(7-8-23-2)14-4-5-18-15(20-14)16-19-6-9-24-16/h4-6,9-10,12H,3,7-8,11H2,1-2H3. The minimum atomic E-state index is 0.622. The fourth-order valence-corrected chi connectivity index (χ4v) is 2.97. The molecule has 3 aromatic rings. The van der Waals surface area contributed by atoms with Crippen LogP contribution in [-0.2, 0) is 17.8 Å². The molecule has 7 nitrogen and oxygen atoms in total. The number of aromatic nitrogens is 5. The van der Waals surface area contributed by atoms with E-state index in [9.17, 15) is 0 Å². The largest absolute Gasteiger partial charge is 0.383 e. The van der Waals surface area contributed by atoms with Crippen molar-refractivity contribution in [1.82, 2.24) is 24.5 Å². The number of aryl methyl sites for hydroxylation is 1.